The molecule has 0 aromatic heterocycles. The molecule has 1 N–H and O–H groups in total. The summed E-state index contributed by atoms with van der Waals surface area (Å²) in [4.78, 5) is 2.07. The van der Waals surface area contributed by atoms with Gasteiger partial charge in [0.2, 0.25) is 0 Å². The summed E-state index contributed by atoms with van der Waals surface area (Å²) >= 11 is 5.97. The van der Waals surface area contributed by atoms with Gasteiger partial charge in [-0.25, -0.2) is 8.42 Å². The molecule has 0 unspecified atom stereocenters. The van der Waals surface area contributed by atoms with E-state index in [1.807, 2.05) is 11.9 Å². The van der Waals surface area contributed by atoms with E-state index in [9.17, 15) is 8.42 Å². The van der Waals surface area contributed by atoms with Crippen molar-refractivity contribution >= 4 is 33.0 Å². The maximum absolute atomic E-state index is 12.4. The molecule has 0 spiro atoms. The lowest BCUT2D eigenvalue weighted by Crippen LogP contribution is -2.28. The van der Waals surface area contributed by atoms with E-state index >= 15 is 0 Å². The van der Waals surface area contributed by atoms with Gasteiger partial charge in [-0.3, -0.25) is 4.72 Å². The first-order valence-electron chi connectivity index (χ1n) is 6.73. The highest BCUT2D eigenvalue weighted by molar-refractivity contribution is 7.92. The average Bonchev–Trinajstić information content (AvgIpc) is 2.48. The normalized spacial score (nSPS) is 14.2. The Bertz CT molecular complexity index is 808. The Labute approximate surface area is 134 Å². The smallest absolute Gasteiger partial charge is 0.263 e. The Morgan fingerprint density at radius 1 is 1.23 bits per heavy atom. The fourth-order valence-corrected chi connectivity index (χ4v) is 3.86. The number of sulfonamides is 1. The van der Waals surface area contributed by atoms with Crippen molar-refractivity contribution in [1.82, 2.24) is 0 Å². The van der Waals surface area contributed by atoms with Crippen molar-refractivity contribution in [2.75, 3.05) is 29.8 Å². The van der Waals surface area contributed by atoms with E-state index in [1.54, 1.807) is 36.4 Å². The second-order valence-corrected chi connectivity index (χ2v) is 7.05. The Kier molecular flexibility index (Phi) is 3.88. The maximum atomic E-state index is 12.4. The first-order valence-corrected chi connectivity index (χ1v) is 8.59. The number of ether oxygens (including phenoxy) is 1. The highest BCUT2D eigenvalue weighted by Crippen LogP contribution is 2.34. The van der Waals surface area contributed by atoms with Gasteiger partial charge >= 0.3 is 0 Å². The van der Waals surface area contributed by atoms with E-state index in [0.29, 0.717) is 12.3 Å². The van der Waals surface area contributed by atoms with Crippen LogP contribution in [0.2, 0.25) is 5.02 Å². The largest absolute Gasteiger partial charge is 0.490 e. The summed E-state index contributed by atoms with van der Waals surface area (Å²) < 4.78 is 33.0. The number of hydrogen-bond donors (Lipinski definition) is 1. The molecule has 3 rings (SSSR count). The molecule has 0 amide bonds. The molecule has 2 aromatic carbocycles. The van der Waals surface area contributed by atoms with Crippen molar-refractivity contribution in [2.24, 2.45) is 0 Å². The number of rotatable bonds is 3. The van der Waals surface area contributed by atoms with Crippen LogP contribution in [0.15, 0.2) is 47.4 Å². The van der Waals surface area contributed by atoms with Gasteiger partial charge in [0.25, 0.3) is 10.0 Å². The second-order valence-electron chi connectivity index (χ2n) is 4.99. The van der Waals surface area contributed by atoms with E-state index in [0.717, 1.165) is 18.0 Å². The standard InChI is InChI=1S/C15H15ClN2O3S/c1-18-8-9-21-14-7-6-11(10-13(14)18)17-22(19,20)15-5-3-2-4-12(15)16/h2-7,10,17H,8-9H2,1H3. The predicted octanol–water partition coefficient (Wildman–Crippen LogP) is 2.97. The van der Waals surface area contributed by atoms with Crippen LogP contribution < -0.4 is 14.4 Å². The average molecular weight is 339 g/mol. The third-order valence-corrected chi connectivity index (χ3v) is 5.31. The molecule has 1 aliphatic heterocycles. The molecule has 7 heteroatoms. The molecule has 5 nitrogen and oxygen atoms in total. The number of nitrogens with zero attached hydrogens (tertiary/aromatic N) is 1. The lowest BCUT2D eigenvalue weighted by atomic mass is 10.2. The number of likely N-dealkylation sites (N-methyl/N-ethyl adjacent to an activating group) is 1. The molecule has 116 valence electrons. The van der Waals surface area contributed by atoms with Crippen LogP contribution in [0.1, 0.15) is 0 Å². The number of anilines is 2. The minimum atomic E-state index is -3.73. The van der Waals surface area contributed by atoms with Gasteiger partial charge in [0.15, 0.2) is 0 Å². The van der Waals surface area contributed by atoms with Crippen molar-refractivity contribution in [3.05, 3.63) is 47.5 Å². The van der Waals surface area contributed by atoms with E-state index in [1.165, 1.54) is 6.07 Å². The molecular weight excluding hydrogens is 324 g/mol. The number of nitrogens with one attached hydrogen (secondary N) is 1. The highest BCUT2D eigenvalue weighted by atomic mass is 35.5. The third kappa shape index (κ3) is 2.84. The van der Waals surface area contributed by atoms with Crippen molar-refractivity contribution in [1.29, 1.82) is 0 Å². The van der Waals surface area contributed by atoms with Crippen LogP contribution >= 0.6 is 11.6 Å². The first kappa shape index (κ1) is 15.0. The molecular formula is C15H15ClN2O3S. The number of fused-ring (bicyclic) bond motifs is 1. The molecule has 22 heavy (non-hydrogen) atoms. The van der Waals surface area contributed by atoms with Crippen LogP contribution in [-0.4, -0.2) is 28.6 Å². The zero-order valence-electron chi connectivity index (χ0n) is 11.9. The van der Waals surface area contributed by atoms with E-state index in [4.69, 9.17) is 16.3 Å². The van der Waals surface area contributed by atoms with Crippen molar-refractivity contribution in [2.45, 2.75) is 4.90 Å². The zero-order chi connectivity index (χ0) is 15.7. The topological polar surface area (TPSA) is 58.6 Å². The van der Waals surface area contributed by atoms with Crippen LogP contribution in [0.3, 0.4) is 0 Å². The lowest BCUT2D eigenvalue weighted by Gasteiger charge is -2.28. The first-order chi connectivity index (χ1) is 10.5. The molecule has 0 aliphatic carbocycles. The summed E-state index contributed by atoms with van der Waals surface area (Å²) in [7, 11) is -1.79. The zero-order valence-corrected chi connectivity index (χ0v) is 13.5. The maximum Gasteiger partial charge on any atom is 0.263 e. The van der Waals surface area contributed by atoms with E-state index in [-0.39, 0.29) is 9.92 Å². The van der Waals surface area contributed by atoms with Crippen LogP contribution in [0.4, 0.5) is 11.4 Å². The fraction of sp³-hybridized carbons (Fsp3) is 0.200. The molecule has 2 aromatic rings. The summed E-state index contributed by atoms with van der Waals surface area (Å²) in [5.41, 5.74) is 1.32. The minimum absolute atomic E-state index is 0.0546. The van der Waals surface area contributed by atoms with Gasteiger partial charge in [-0.1, -0.05) is 23.7 Å². The number of halogens is 1. The Morgan fingerprint density at radius 3 is 2.77 bits per heavy atom. The Morgan fingerprint density at radius 2 is 2.00 bits per heavy atom. The van der Waals surface area contributed by atoms with E-state index in [2.05, 4.69) is 4.72 Å². The van der Waals surface area contributed by atoms with Crippen LogP contribution in [0, 0.1) is 0 Å². The molecule has 1 aliphatic rings. The van der Waals surface area contributed by atoms with Crippen molar-refractivity contribution in [3.63, 3.8) is 0 Å². The molecule has 1 heterocycles. The number of hydrogen-bond acceptors (Lipinski definition) is 4. The summed E-state index contributed by atoms with van der Waals surface area (Å²) in [6.07, 6.45) is 0. The molecule has 0 atom stereocenters. The summed E-state index contributed by atoms with van der Waals surface area (Å²) in [5.74, 6) is 0.745. The fourth-order valence-electron chi connectivity index (χ4n) is 2.29. The van der Waals surface area contributed by atoms with Crippen LogP contribution in [0.5, 0.6) is 5.75 Å². The van der Waals surface area contributed by atoms with Crippen LogP contribution in [-0.2, 0) is 10.0 Å². The monoisotopic (exact) mass is 338 g/mol. The van der Waals surface area contributed by atoms with Crippen LogP contribution in [0.25, 0.3) is 0 Å². The van der Waals surface area contributed by atoms with E-state index < -0.39 is 10.0 Å². The second kappa shape index (κ2) is 5.70. The van der Waals surface area contributed by atoms with Gasteiger partial charge < -0.3 is 9.64 Å². The van der Waals surface area contributed by atoms with Crippen molar-refractivity contribution in [3.8, 4) is 5.75 Å². The van der Waals surface area contributed by atoms with Gasteiger partial charge in [0, 0.05) is 7.05 Å². The predicted molar refractivity (Wildman–Crippen MR) is 87.5 cm³/mol. The minimum Gasteiger partial charge on any atom is -0.490 e. The van der Waals surface area contributed by atoms with Gasteiger partial charge in [-0.15, -0.1) is 0 Å². The van der Waals surface area contributed by atoms with Gasteiger partial charge in [0.1, 0.15) is 17.3 Å². The molecule has 0 saturated carbocycles. The molecule has 0 fully saturated rings. The molecule has 0 bridgehead atoms. The summed E-state index contributed by atoms with van der Waals surface area (Å²) in [6, 6.07) is 11.5. The molecule has 0 radical (unpaired) electrons. The molecule has 0 saturated heterocycles. The Hall–Kier alpha value is -1.92. The number of benzene rings is 2. The lowest BCUT2D eigenvalue weighted by molar-refractivity contribution is 0.311. The Balaban J connectivity index is 1.93. The summed E-state index contributed by atoms with van der Waals surface area (Å²) in [6.45, 7) is 1.38. The van der Waals surface area contributed by atoms with Gasteiger partial charge in [-0.05, 0) is 30.3 Å². The SMILES string of the molecule is CN1CCOc2ccc(NS(=O)(=O)c3ccccc3Cl)cc21. The summed E-state index contributed by atoms with van der Waals surface area (Å²) in [5, 5.41) is 0.188. The van der Waals surface area contributed by atoms with Gasteiger partial charge in [-0.2, -0.15) is 0 Å². The highest BCUT2D eigenvalue weighted by Gasteiger charge is 2.20. The quantitative estimate of drug-likeness (QED) is 0.934. The van der Waals surface area contributed by atoms with Gasteiger partial charge in [0.05, 0.1) is 22.9 Å². The van der Waals surface area contributed by atoms with Crippen molar-refractivity contribution < 1.29 is 13.2 Å². The third-order valence-electron chi connectivity index (χ3n) is 3.43.